The predicted molar refractivity (Wildman–Crippen MR) is 130 cm³/mol. The van der Waals surface area contributed by atoms with E-state index in [2.05, 4.69) is 22.9 Å². The minimum Gasteiger partial charge on any atom is -0.462 e. The van der Waals surface area contributed by atoms with Gasteiger partial charge in [0.25, 0.3) is 0 Å². The highest BCUT2D eigenvalue weighted by molar-refractivity contribution is 7.18. The van der Waals surface area contributed by atoms with E-state index in [9.17, 15) is 14.9 Å². The van der Waals surface area contributed by atoms with Gasteiger partial charge in [-0.15, -0.1) is 22.7 Å². The Bertz CT molecular complexity index is 1240. The van der Waals surface area contributed by atoms with Gasteiger partial charge in [-0.1, -0.05) is 43.0 Å². The number of rotatable bonds is 9. The van der Waals surface area contributed by atoms with E-state index in [0.29, 0.717) is 21.1 Å². The molecule has 0 spiro atoms. The van der Waals surface area contributed by atoms with Gasteiger partial charge in [-0.25, -0.2) is 14.6 Å². The van der Waals surface area contributed by atoms with Gasteiger partial charge < -0.3 is 14.8 Å². The number of carbonyl (C=O) groups is 2. The van der Waals surface area contributed by atoms with Gasteiger partial charge in [0.2, 0.25) is 0 Å². The monoisotopic (exact) mass is 479 g/mol. The number of anilines is 1. The highest BCUT2D eigenvalue weighted by atomic mass is 32.1. The van der Waals surface area contributed by atoms with Gasteiger partial charge in [0, 0.05) is 17.1 Å². The van der Waals surface area contributed by atoms with Gasteiger partial charge in [0.15, 0.2) is 0 Å². The third kappa shape index (κ3) is 5.55. The maximum atomic E-state index is 12.6. The molecular formula is C24H21N3O4S2. The second-order valence-corrected chi connectivity index (χ2v) is 8.46. The number of hydrogen-bond donors (Lipinski definition) is 1. The third-order valence-corrected chi connectivity index (χ3v) is 6.49. The second kappa shape index (κ2) is 11.2. The van der Waals surface area contributed by atoms with Crippen LogP contribution in [-0.2, 0) is 9.47 Å². The topological polar surface area (TPSA) is 101 Å². The number of thiophene rings is 1. The van der Waals surface area contributed by atoms with Crippen LogP contribution in [0.5, 0.6) is 0 Å². The van der Waals surface area contributed by atoms with Crippen LogP contribution in [0, 0.1) is 18.3 Å². The van der Waals surface area contributed by atoms with E-state index in [1.807, 2.05) is 35.7 Å². The van der Waals surface area contributed by atoms with Crippen molar-refractivity contribution in [3.63, 3.8) is 0 Å². The molecule has 0 unspecified atom stereocenters. The van der Waals surface area contributed by atoms with E-state index in [1.165, 1.54) is 23.6 Å². The summed E-state index contributed by atoms with van der Waals surface area (Å²) in [5.41, 5.74) is 2.68. The fraction of sp³-hybridized carbons (Fsp3) is 0.167. The summed E-state index contributed by atoms with van der Waals surface area (Å²) in [5, 5.41) is 15.5. The number of aromatic nitrogens is 1. The summed E-state index contributed by atoms with van der Waals surface area (Å²) >= 11 is 2.40. The van der Waals surface area contributed by atoms with Crippen molar-refractivity contribution in [2.24, 2.45) is 0 Å². The van der Waals surface area contributed by atoms with Gasteiger partial charge >= 0.3 is 11.9 Å². The average Bonchev–Trinajstić information content (AvgIpc) is 3.44. The molecule has 0 aliphatic carbocycles. The lowest BCUT2D eigenvalue weighted by Crippen LogP contribution is -2.09. The van der Waals surface area contributed by atoms with Gasteiger partial charge in [-0.2, -0.15) is 5.26 Å². The molecule has 0 fully saturated rings. The Morgan fingerprint density at radius 1 is 1.24 bits per heavy atom. The summed E-state index contributed by atoms with van der Waals surface area (Å²) in [6.45, 7) is 7.12. The molecule has 0 aliphatic heterocycles. The first-order valence-electron chi connectivity index (χ1n) is 9.96. The number of benzene rings is 1. The van der Waals surface area contributed by atoms with Crippen molar-refractivity contribution in [2.75, 3.05) is 18.5 Å². The van der Waals surface area contributed by atoms with Crippen LogP contribution < -0.4 is 5.32 Å². The predicted octanol–water partition coefficient (Wildman–Crippen LogP) is 5.68. The van der Waals surface area contributed by atoms with Crippen LogP contribution in [0.4, 0.5) is 5.00 Å². The van der Waals surface area contributed by atoms with E-state index in [4.69, 9.17) is 9.47 Å². The van der Waals surface area contributed by atoms with E-state index in [-0.39, 0.29) is 23.7 Å². The summed E-state index contributed by atoms with van der Waals surface area (Å²) < 4.78 is 10.3. The Morgan fingerprint density at radius 2 is 2.00 bits per heavy atom. The van der Waals surface area contributed by atoms with Gasteiger partial charge in [0.05, 0.1) is 17.9 Å². The van der Waals surface area contributed by atoms with E-state index >= 15 is 0 Å². The SMILES string of the molecule is C=CCOC(=O)c1sc(NC=C(C#N)c2nc(-c3ccccc3)cs2)c(C(=O)OCC)c1C. The lowest BCUT2D eigenvalue weighted by atomic mass is 10.1. The highest BCUT2D eigenvalue weighted by Gasteiger charge is 2.26. The third-order valence-electron chi connectivity index (χ3n) is 4.42. The fourth-order valence-electron chi connectivity index (χ4n) is 2.88. The molecule has 2 heterocycles. The van der Waals surface area contributed by atoms with Crippen LogP contribution in [0.2, 0.25) is 0 Å². The second-order valence-electron chi connectivity index (χ2n) is 6.59. The molecule has 0 atom stereocenters. The summed E-state index contributed by atoms with van der Waals surface area (Å²) in [5.74, 6) is -1.13. The maximum Gasteiger partial charge on any atom is 0.348 e. The molecule has 168 valence electrons. The molecule has 9 heteroatoms. The number of nitriles is 1. The van der Waals surface area contributed by atoms with E-state index in [0.717, 1.165) is 22.6 Å². The van der Waals surface area contributed by atoms with Crippen molar-refractivity contribution in [3.05, 3.63) is 75.6 Å². The zero-order valence-electron chi connectivity index (χ0n) is 18.1. The lowest BCUT2D eigenvalue weighted by Gasteiger charge is -2.05. The van der Waals surface area contributed by atoms with Gasteiger partial charge in [-0.3, -0.25) is 0 Å². The highest BCUT2D eigenvalue weighted by Crippen LogP contribution is 2.35. The largest absolute Gasteiger partial charge is 0.462 e. The molecule has 3 aromatic rings. The molecule has 0 bridgehead atoms. The summed E-state index contributed by atoms with van der Waals surface area (Å²) in [4.78, 5) is 29.8. The Labute approximate surface area is 199 Å². The van der Waals surface area contributed by atoms with Crippen molar-refractivity contribution in [3.8, 4) is 17.3 Å². The number of nitrogens with zero attached hydrogens (tertiary/aromatic N) is 2. The van der Waals surface area contributed by atoms with Crippen molar-refractivity contribution in [1.82, 2.24) is 4.98 Å². The van der Waals surface area contributed by atoms with Gasteiger partial charge in [0.1, 0.15) is 33.1 Å². The first-order chi connectivity index (χ1) is 16.0. The zero-order chi connectivity index (χ0) is 23.8. The molecule has 0 radical (unpaired) electrons. The van der Waals surface area contributed by atoms with Gasteiger partial charge in [-0.05, 0) is 19.4 Å². The smallest absolute Gasteiger partial charge is 0.348 e. The van der Waals surface area contributed by atoms with Crippen LogP contribution in [0.1, 0.15) is 37.5 Å². The molecule has 2 aromatic heterocycles. The minimum atomic E-state index is -0.566. The van der Waals surface area contributed by atoms with E-state index in [1.54, 1.807) is 13.8 Å². The van der Waals surface area contributed by atoms with Crippen molar-refractivity contribution in [2.45, 2.75) is 13.8 Å². The van der Waals surface area contributed by atoms with Crippen LogP contribution >= 0.6 is 22.7 Å². The Kier molecular flexibility index (Phi) is 8.13. The van der Waals surface area contributed by atoms with Crippen LogP contribution in [0.15, 0.2) is 54.6 Å². The number of allylic oxidation sites excluding steroid dienone is 1. The summed E-state index contributed by atoms with van der Waals surface area (Å²) in [6.07, 6.45) is 2.94. The first kappa shape index (κ1) is 23.9. The Hall–Kier alpha value is -3.74. The quantitative estimate of drug-likeness (QED) is 0.239. The number of nitrogens with one attached hydrogen (secondary N) is 1. The molecule has 1 N–H and O–H groups in total. The molecule has 0 saturated carbocycles. The number of esters is 2. The van der Waals surface area contributed by atoms with Crippen LogP contribution in [0.3, 0.4) is 0 Å². The van der Waals surface area contributed by atoms with E-state index < -0.39 is 11.9 Å². The number of carbonyl (C=O) groups excluding carboxylic acids is 2. The Balaban J connectivity index is 1.93. The van der Waals surface area contributed by atoms with Crippen LogP contribution in [0.25, 0.3) is 16.8 Å². The molecule has 0 saturated heterocycles. The number of ether oxygens (including phenoxy) is 2. The molecule has 3 rings (SSSR count). The average molecular weight is 480 g/mol. The van der Waals surface area contributed by atoms with Crippen LogP contribution in [-0.4, -0.2) is 30.1 Å². The Morgan fingerprint density at radius 3 is 2.67 bits per heavy atom. The maximum absolute atomic E-state index is 12.6. The normalized spacial score (nSPS) is 10.9. The first-order valence-corrected chi connectivity index (χ1v) is 11.7. The number of hydrogen-bond acceptors (Lipinski definition) is 9. The minimum absolute atomic E-state index is 0.0555. The zero-order valence-corrected chi connectivity index (χ0v) is 19.7. The molecule has 0 amide bonds. The molecule has 1 aromatic carbocycles. The standard InChI is InChI=1S/C24H21N3O4S2/c1-4-11-31-24(29)20-15(3)19(23(28)30-5-2)22(33-20)26-13-17(12-25)21-27-18(14-32-21)16-9-7-6-8-10-16/h4,6-10,13-14,26H,1,5,11H2,2-3H3. The molecule has 7 nitrogen and oxygen atoms in total. The van der Waals surface area contributed by atoms with Crippen molar-refractivity contribution >= 4 is 45.2 Å². The fourth-order valence-corrected chi connectivity index (χ4v) is 4.73. The molecule has 0 aliphatic rings. The number of thiazole rings is 1. The summed E-state index contributed by atoms with van der Waals surface area (Å²) in [6, 6.07) is 11.8. The summed E-state index contributed by atoms with van der Waals surface area (Å²) in [7, 11) is 0. The van der Waals surface area contributed by atoms with Crippen molar-refractivity contribution in [1.29, 1.82) is 5.26 Å². The molecular weight excluding hydrogens is 458 g/mol. The van der Waals surface area contributed by atoms with Crippen molar-refractivity contribution < 1.29 is 19.1 Å². The molecule has 33 heavy (non-hydrogen) atoms. The lowest BCUT2D eigenvalue weighted by molar-refractivity contribution is 0.0527.